The third-order valence-electron chi connectivity index (χ3n) is 12.8. The van der Waals surface area contributed by atoms with Gasteiger partial charge in [-0.05, 0) is 99.3 Å². The summed E-state index contributed by atoms with van der Waals surface area (Å²) in [6.07, 6.45) is 0. The molecule has 0 amide bonds. The number of para-hydroxylation sites is 3. The molecule has 0 saturated heterocycles. The molecule has 12 aromatic rings. The molecule has 0 unspecified atom stereocenters. The fourth-order valence-corrected chi connectivity index (χ4v) is 10.0. The van der Waals surface area contributed by atoms with Crippen LogP contribution in [0.5, 0.6) is 0 Å². The standard InChI is InChI=1S/C55H35NO3/c1-55(2)44-18-8-5-14-37(44)38-26-24-36(30-45(38)55)56(46-19-11-17-40-39-15-6-9-20-47(39)58-53(40)46)35-25-27-49-42(29-35)43-31-50-52(41-16-7-10-21-48(41)57-50)51(54(43)59-49)34-23-22-32-12-3-4-13-33(32)28-34/h3-31H,1-2H3. The molecule has 4 heteroatoms. The minimum absolute atomic E-state index is 0.166. The SMILES string of the molecule is CC1(C)c2ccccc2-c2ccc(N(c3ccc4oc5c(-c6ccc7ccccc7c6)c6c(cc5c4c3)oc3ccccc36)c3cccc4c3oc3ccccc34)cc21. The largest absolute Gasteiger partial charge is 0.456 e. The van der Waals surface area contributed by atoms with Gasteiger partial charge in [0.25, 0.3) is 0 Å². The molecule has 278 valence electrons. The summed E-state index contributed by atoms with van der Waals surface area (Å²) in [5.41, 5.74) is 15.3. The monoisotopic (exact) mass is 757 g/mol. The lowest BCUT2D eigenvalue weighted by atomic mass is 9.82. The Morgan fingerprint density at radius 1 is 0.407 bits per heavy atom. The van der Waals surface area contributed by atoms with Crippen LogP contribution in [0.1, 0.15) is 25.0 Å². The lowest BCUT2D eigenvalue weighted by Gasteiger charge is -2.28. The highest BCUT2D eigenvalue weighted by Gasteiger charge is 2.36. The van der Waals surface area contributed by atoms with Gasteiger partial charge in [0.2, 0.25) is 0 Å². The summed E-state index contributed by atoms with van der Waals surface area (Å²) in [5, 5.41) is 8.70. The summed E-state index contributed by atoms with van der Waals surface area (Å²) >= 11 is 0. The lowest BCUT2D eigenvalue weighted by molar-refractivity contribution is 0.660. The summed E-state index contributed by atoms with van der Waals surface area (Å²) < 4.78 is 20.4. The molecule has 59 heavy (non-hydrogen) atoms. The van der Waals surface area contributed by atoms with E-state index in [1.165, 1.54) is 33.0 Å². The molecule has 0 atom stereocenters. The summed E-state index contributed by atoms with van der Waals surface area (Å²) in [6, 6.07) is 62.7. The van der Waals surface area contributed by atoms with Crippen molar-refractivity contribution < 1.29 is 13.3 Å². The van der Waals surface area contributed by atoms with E-state index in [2.05, 4.69) is 170 Å². The van der Waals surface area contributed by atoms with E-state index in [4.69, 9.17) is 13.3 Å². The van der Waals surface area contributed by atoms with Crippen LogP contribution >= 0.6 is 0 Å². The summed E-state index contributed by atoms with van der Waals surface area (Å²) in [7, 11) is 0. The molecule has 1 aliphatic rings. The van der Waals surface area contributed by atoms with Gasteiger partial charge in [-0.3, -0.25) is 0 Å². The molecule has 3 heterocycles. The topological polar surface area (TPSA) is 42.7 Å². The molecule has 0 aliphatic heterocycles. The second kappa shape index (κ2) is 11.7. The highest BCUT2D eigenvalue weighted by molar-refractivity contribution is 6.24. The molecule has 0 fully saturated rings. The first-order chi connectivity index (χ1) is 29.0. The van der Waals surface area contributed by atoms with Crippen LogP contribution in [-0.4, -0.2) is 0 Å². The second-order valence-electron chi connectivity index (χ2n) is 16.4. The fourth-order valence-electron chi connectivity index (χ4n) is 10.0. The van der Waals surface area contributed by atoms with E-state index < -0.39 is 0 Å². The maximum absolute atomic E-state index is 6.98. The zero-order valence-electron chi connectivity index (χ0n) is 32.4. The van der Waals surface area contributed by atoms with Gasteiger partial charge in [0, 0.05) is 54.7 Å². The maximum Gasteiger partial charge on any atom is 0.159 e. The Morgan fingerprint density at radius 3 is 1.98 bits per heavy atom. The minimum atomic E-state index is -0.166. The summed E-state index contributed by atoms with van der Waals surface area (Å²) in [4.78, 5) is 2.35. The van der Waals surface area contributed by atoms with Crippen LogP contribution in [0.4, 0.5) is 17.1 Å². The van der Waals surface area contributed by atoms with Crippen molar-refractivity contribution in [3.63, 3.8) is 0 Å². The zero-order valence-corrected chi connectivity index (χ0v) is 32.4. The Balaban J connectivity index is 1.09. The van der Waals surface area contributed by atoms with Crippen LogP contribution in [-0.2, 0) is 5.41 Å². The van der Waals surface area contributed by atoms with E-state index in [1.807, 2.05) is 24.3 Å². The van der Waals surface area contributed by atoms with Gasteiger partial charge in [-0.25, -0.2) is 0 Å². The van der Waals surface area contributed by atoms with Gasteiger partial charge in [-0.15, -0.1) is 0 Å². The van der Waals surface area contributed by atoms with Crippen molar-refractivity contribution in [1.29, 1.82) is 0 Å². The number of hydrogen-bond acceptors (Lipinski definition) is 4. The van der Waals surface area contributed by atoms with Gasteiger partial charge in [0.1, 0.15) is 27.9 Å². The predicted molar refractivity (Wildman–Crippen MR) is 243 cm³/mol. The Morgan fingerprint density at radius 2 is 1.08 bits per heavy atom. The van der Waals surface area contributed by atoms with Crippen LogP contribution in [0.2, 0.25) is 0 Å². The Labute approximate surface area is 339 Å². The molecule has 0 N–H and O–H groups in total. The summed E-state index contributed by atoms with van der Waals surface area (Å²) in [5.74, 6) is 0. The van der Waals surface area contributed by atoms with Crippen molar-refractivity contribution in [3.05, 3.63) is 187 Å². The van der Waals surface area contributed by atoms with Crippen molar-refractivity contribution in [2.45, 2.75) is 19.3 Å². The highest BCUT2D eigenvalue weighted by atomic mass is 16.3. The molecular formula is C55H35NO3. The molecule has 4 nitrogen and oxygen atoms in total. The number of hydrogen-bond donors (Lipinski definition) is 0. The molecule has 0 radical (unpaired) electrons. The van der Waals surface area contributed by atoms with Gasteiger partial charge in [0.15, 0.2) is 5.58 Å². The van der Waals surface area contributed by atoms with Crippen molar-refractivity contribution in [2.24, 2.45) is 0 Å². The average molecular weight is 758 g/mol. The fraction of sp³-hybridized carbons (Fsp3) is 0.0545. The first-order valence-corrected chi connectivity index (χ1v) is 20.2. The Kier molecular flexibility index (Phi) is 6.48. The van der Waals surface area contributed by atoms with E-state index in [0.717, 1.165) is 94.0 Å². The summed E-state index contributed by atoms with van der Waals surface area (Å²) in [6.45, 7) is 4.67. The molecule has 3 aromatic heterocycles. The quantitative estimate of drug-likeness (QED) is 0.179. The van der Waals surface area contributed by atoms with Gasteiger partial charge >= 0.3 is 0 Å². The van der Waals surface area contributed by atoms with E-state index in [0.29, 0.717) is 0 Å². The van der Waals surface area contributed by atoms with E-state index in [1.54, 1.807) is 0 Å². The van der Waals surface area contributed by atoms with Crippen LogP contribution in [0, 0.1) is 0 Å². The number of nitrogens with zero attached hydrogens (tertiary/aromatic N) is 1. The van der Waals surface area contributed by atoms with Crippen LogP contribution in [0.15, 0.2) is 189 Å². The average Bonchev–Trinajstić information content (AvgIpc) is 4.01. The van der Waals surface area contributed by atoms with Crippen molar-refractivity contribution >= 4 is 93.7 Å². The lowest BCUT2D eigenvalue weighted by Crippen LogP contribution is -2.16. The van der Waals surface area contributed by atoms with Gasteiger partial charge in [-0.2, -0.15) is 0 Å². The third-order valence-corrected chi connectivity index (χ3v) is 12.8. The molecule has 0 spiro atoms. The van der Waals surface area contributed by atoms with E-state index in [9.17, 15) is 0 Å². The predicted octanol–water partition coefficient (Wildman–Crippen LogP) is 16.0. The molecule has 0 saturated carbocycles. The molecule has 1 aliphatic carbocycles. The van der Waals surface area contributed by atoms with E-state index >= 15 is 0 Å². The Bertz CT molecular complexity index is 3730. The minimum Gasteiger partial charge on any atom is -0.456 e. The smallest absolute Gasteiger partial charge is 0.159 e. The second-order valence-corrected chi connectivity index (χ2v) is 16.4. The first-order valence-electron chi connectivity index (χ1n) is 20.2. The number of anilines is 3. The van der Waals surface area contributed by atoms with Gasteiger partial charge in [0.05, 0.1) is 5.69 Å². The first kappa shape index (κ1) is 32.5. The zero-order chi connectivity index (χ0) is 39.0. The number of furan rings is 3. The molecular weight excluding hydrogens is 723 g/mol. The number of fused-ring (bicyclic) bond motifs is 13. The Hall–Kier alpha value is -7.56. The van der Waals surface area contributed by atoms with Gasteiger partial charge < -0.3 is 18.2 Å². The molecule has 13 rings (SSSR count). The highest BCUT2D eigenvalue weighted by Crippen LogP contribution is 2.52. The molecule has 0 bridgehead atoms. The van der Waals surface area contributed by atoms with Crippen LogP contribution in [0.3, 0.4) is 0 Å². The number of rotatable bonds is 4. The number of benzene rings is 9. The molecule has 9 aromatic carbocycles. The normalized spacial score (nSPS) is 13.4. The van der Waals surface area contributed by atoms with Crippen LogP contribution in [0.25, 0.3) is 98.8 Å². The van der Waals surface area contributed by atoms with Crippen molar-refractivity contribution in [2.75, 3.05) is 4.90 Å². The van der Waals surface area contributed by atoms with Gasteiger partial charge in [-0.1, -0.05) is 129 Å². The van der Waals surface area contributed by atoms with E-state index in [-0.39, 0.29) is 5.41 Å². The van der Waals surface area contributed by atoms with Crippen LogP contribution < -0.4 is 4.90 Å². The van der Waals surface area contributed by atoms with Crippen molar-refractivity contribution in [3.8, 4) is 22.3 Å². The third kappa shape index (κ3) is 4.54. The maximum atomic E-state index is 6.98. The van der Waals surface area contributed by atoms with Crippen molar-refractivity contribution in [1.82, 2.24) is 0 Å².